The van der Waals surface area contributed by atoms with Crippen LogP contribution in [0.5, 0.6) is 0 Å². The van der Waals surface area contributed by atoms with Crippen LogP contribution in [0.3, 0.4) is 0 Å². The van der Waals surface area contributed by atoms with E-state index in [-0.39, 0.29) is 24.4 Å². The number of piperidine rings is 1. The molecule has 22 heavy (non-hydrogen) atoms. The molecular formula is C15H23N3O3S. The van der Waals surface area contributed by atoms with Gasteiger partial charge >= 0.3 is 0 Å². The third-order valence-corrected chi connectivity index (χ3v) is 4.65. The molecular weight excluding hydrogens is 302 g/mol. The number of primary amides is 1. The normalized spacial score (nSPS) is 23.3. The molecule has 3 N–H and O–H groups in total. The summed E-state index contributed by atoms with van der Waals surface area (Å²) < 4.78 is 25.0. The fraction of sp³-hybridized carbons (Fsp3) is 0.533. The molecule has 1 aromatic rings. The van der Waals surface area contributed by atoms with Crippen molar-refractivity contribution in [3.8, 4) is 0 Å². The number of likely N-dealkylation sites (tertiary alicyclic amines) is 1. The van der Waals surface area contributed by atoms with Crippen LogP contribution in [0, 0.1) is 5.92 Å². The number of carbonyl (C=O) groups is 1. The minimum absolute atomic E-state index is 0.156. The quantitative estimate of drug-likeness (QED) is 0.795. The van der Waals surface area contributed by atoms with Gasteiger partial charge in [0, 0.05) is 19.1 Å². The van der Waals surface area contributed by atoms with Crippen molar-refractivity contribution in [3.63, 3.8) is 0 Å². The smallest absolute Gasteiger partial charge is 0.231 e. The van der Waals surface area contributed by atoms with Gasteiger partial charge in [0.15, 0.2) is 0 Å². The van der Waals surface area contributed by atoms with E-state index in [1.165, 1.54) is 5.56 Å². The Kier molecular flexibility index (Phi) is 5.55. The second kappa shape index (κ2) is 7.21. The lowest BCUT2D eigenvalue weighted by Crippen LogP contribution is -2.45. The molecule has 0 saturated carbocycles. The zero-order valence-corrected chi connectivity index (χ0v) is 13.6. The summed E-state index contributed by atoms with van der Waals surface area (Å²) in [5, 5.41) is 0. The van der Waals surface area contributed by atoms with E-state index in [9.17, 15) is 13.2 Å². The summed E-state index contributed by atoms with van der Waals surface area (Å²) in [6.07, 6.45) is 2.95. The molecule has 2 atom stereocenters. The lowest BCUT2D eigenvalue weighted by Gasteiger charge is -2.39. The van der Waals surface area contributed by atoms with Crippen LogP contribution in [-0.4, -0.2) is 45.1 Å². The molecule has 7 heteroatoms. The largest absolute Gasteiger partial charge is 0.369 e. The molecule has 1 aliphatic heterocycles. The second-order valence-corrected chi connectivity index (χ2v) is 7.72. The van der Waals surface area contributed by atoms with Gasteiger partial charge < -0.3 is 5.73 Å². The van der Waals surface area contributed by atoms with Crippen molar-refractivity contribution in [1.82, 2.24) is 9.62 Å². The molecule has 0 spiro atoms. The highest BCUT2D eigenvalue weighted by atomic mass is 32.2. The number of carbonyl (C=O) groups excluding carboxylic acids is 1. The van der Waals surface area contributed by atoms with E-state index in [1.54, 1.807) is 0 Å². The van der Waals surface area contributed by atoms with Gasteiger partial charge in [-0.15, -0.1) is 0 Å². The molecule has 0 aliphatic carbocycles. The van der Waals surface area contributed by atoms with Gasteiger partial charge in [-0.3, -0.25) is 9.69 Å². The summed E-state index contributed by atoms with van der Waals surface area (Å²) in [6, 6.07) is 10.2. The maximum atomic E-state index is 11.3. The highest BCUT2D eigenvalue weighted by Gasteiger charge is 2.30. The van der Waals surface area contributed by atoms with Gasteiger partial charge in [0.1, 0.15) is 0 Å². The number of hydrogen-bond donors (Lipinski definition) is 2. The van der Waals surface area contributed by atoms with E-state index >= 15 is 0 Å². The van der Waals surface area contributed by atoms with Gasteiger partial charge in [-0.2, -0.15) is 0 Å². The van der Waals surface area contributed by atoms with E-state index in [0.29, 0.717) is 13.1 Å². The van der Waals surface area contributed by atoms with Gasteiger partial charge in [0.25, 0.3) is 0 Å². The Labute approximate surface area is 131 Å². The maximum absolute atomic E-state index is 11.3. The Morgan fingerprint density at radius 1 is 1.32 bits per heavy atom. The molecule has 1 fully saturated rings. The minimum atomic E-state index is -3.19. The number of sulfonamides is 1. The van der Waals surface area contributed by atoms with Crippen LogP contribution in [0.1, 0.15) is 24.4 Å². The van der Waals surface area contributed by atoms with Crippen molar-refractivity contribution in [2.75, 3.05) is 25.9 Å². The average Bonchev–Trinajstić information content (AvgIpc) is 2.45. The summed E-state index contributed by atoms with van der Waals surface area (Å²) in [5.41, 5.74) is 6.53. The Morgan fingerprint density at radius 3 is 2.59 bits per heavy atom. The second-order valence-electron chi connectivity index (χ2n) is 5.89. The van der Waals surface area contributed by atoms with E-state index < -0.39 is 10.0 Å². The highest BCUT2D eigenvalue weighted by molar-refractivity contribution is 7.88. The molecule has 1 heterocycles. The van der Waals surface area contributed by atoms with Crippen molar-refractivity contribution in [1.29, 1.82) is 0 Å². The predicted molar refractivity (Wildman–Crippen MR) is 85.5 cm³/mol. The number of nitrogens with zero attached hydrogens (tertiary/aromatic N) is 1. The van der Waals surface area contributed by atoms with E-state index in [0.717, 1.165) is 19.1 Å². The van der Waals surface area contributed by atoms with Crippen molar-refractivity contribution in [3.05, 3.63) is 35.9 Å². The SMILES string of the molecule is CS(=O)(=O)NC[C@H]1CC[C@@H](c2ccccc2)N(CC(N)=O)C1. The van der Waals surface area contributed by atoms with Gasteiger partial charge in [0.2, 0.25) is 15.9 Å². The van der Waals surface area contributed by atoms with Crippen molar-refractivity contribution in [2.45, 2.75) is 18.9 Å². The average molecular weight is 325 g/mol. The summed E-state index contributed by atoms with van der Waals surface area (Å²) >= 11 is 0. The first-order chi connectivity index (χ1) is 10.3. The first-order valence-corrected chi connectivity index (χ1v) is 9.26. The van der Waals surface area contributed by atoms with E-state index in [4.69, 9.17) is 5.73 Å². The first kappa shape index (κ1) is 16.9. The minimum Gasteiger partial charge on any atom is -0.369 e. The third-order valence-electron chi connectivity index (χ3n) is 3.96. The molecule has 0 unspecified atom stereocenters. The van der Waals surface area contributed by atoms with Crippen LogP contribution in [0.4, 0.5) is 0 Å². The molecule has 2 rings (SSSR count). The molecule has 0 radical (unpaired) electrons. The number of amides is 1. The molecule has 122 valence electrons. The van der Waals surface area contributed by atoms with Gasteiger partial charge in [-0.25, -0.2) is 13.1 Å². The summed E-state index contributed by atoms with van der Waals surface area (Å²) in [6.45, 7) is 1.25. The Bertz CT molecular complexity index is 604. The van der Waals surface area contributed by atoms with Crippen LogP contribution in [0.15, 0.2) is 30.3 Å². The fourth-order valence-corrected chi connectivity index (χ4v) is 3.53. The van der Waals surface area contributed by atoms with Crippen molar-refractivity contribution >= 4 is 15.9 Å². The van der Waals surface area contributed by atoms with E-state index in [1.807, 2.05) is 30.3 Å². The number of hydrogen-bond acceptors (Lipinski definition) is 4. The molecule has 6 nitrogen and oxygen atoms in total. The monoisotopic (exact) mass is 325 g/mol. The Balaban J connectivity index is 2.06. The summed E-state index contributed by atoms with van der Waals surface area (Å²) in [4.78, 5) is 13.4. The zero-order chi connectivity index (χ0) is 16.2. The fourth-order valence-electron chi connectivity index (χ4n) is 2.99. The lowest BCUT2D eigenvalue weighted by molar-refractivity contribution is -0.120. The molecule has 1 aromatic carbocycles. The first-order valence-electron chi connectivity index (χ1n) is 7.37. The van der Waals surface area contributed by atoms with Gasteiger partial charge in [0.05, 0.1) is 12.8 Å². The predicted octanol–water partition coefficient (Wildman–Crippen LogP) is 0.474. The molecule has 1 saturated heterocycles. The number of nitrogens with two attached hydrogens (primary N) is 1. The Morgan fingerprint density at radius 2 is 2.00 bits per heavy atom. The number of rotatable bonds is 6. The number of nitrogens with one attached hydrogen (secondary N) is 1. The third kappa shape index (κ3) is 5.08. The summed E-state index contributed by atoms with van der Waals surface area (Å²) in [7, 11) is -3.19. The maximum Gasteiger partial charge on any atom is 0.231 e. The lowest BCUT2D eigenvalue weighted by atomic mass is 9.89. The molecule has 1 amide bonds. The van der Waals surface area contributed by atoms with Crippen LogP contribution in [-0.2, 0) is 14.8 Å². The molecule has 0 aromatic heterocycles. The van der Waals surface area contributed by atoms with Crippen molar-refractivity contribution < 1.29 is 13.2 Å². The van der Waals surface area contributed by atoms with Gasteiger partial charge in [-0.1, -0.05) is 30.3 Å². The highest BCUT2D eigenvalue weighted by Crippen LogP contribution is 2.32. The standard InChI is InChI=1S/C15H23N3O3S/c1-22(20,21)17-9-12-7-8-14(13-5-3-2-4-6-13)18(10-12)11-15(16)19/h2-6,12,14,17H,7-11H2,1H3,(H2,16,19)/t12-,14+/m1/s1. The topological polar surface area (TPSA) is 92.5 Å². The summed E-state index contributed by atoms with van der Waals surface area (Å²) in [5.74, 6) is -0.174. The van der Waals surface area contributed by atoms with Crippen molar-refractivity contribution in [2.24, 2.45) is 11.7 Å². The number of benzene rings is 1. The molecule has 0 bridgehead atoms. The van der Waals surface area contributed by atoms with Crippen LogP contribution < -0.4 is 10.5 Å². The van der Waals surface area contributed by atoms with Crippen LogP contribution in [0.2, 0.25) is 0 Å². The van der Waals surface area contributed by atoms with E-state index in [2.05, 4.69) is 9.62 Å². The molecule has 1 aliphatic rings. The van der Waals surface area contributed by atoms with Gasteiger partial charge in [-0.05, 0) is 24.3 Å². The van der Waals surface area contributed by atoms with Crippen LogP contribution in [0.25, 0.3) is 0 Å². The van der Waals surface area contributed by atoms with Crippen LogP contribution >= 0.6 is 0 Å². The Hall–Kier alpha value is -1.44. The zero-order valence-electron chi connectivity index (χ0n) is 12.7.